The molecule has 0 N–H and O–H groups in total. The number of ether oxygens (including phenoxy) is 1. The Balaban J connectivity index is 1.52. The van der Waals surface area contributed by atoms with Gasteiger partial charge in [0.25, 0.3) is 0 Å². The summed E-state index contributed by atoms with van der Waals surface area (Å²) in [6, 6.07) is 9.60. The first-order chi connectivity index (χ1) is 8.74. The van der Waals surface area contributed by atoms with Gasteiger partial charge in [-0.3, -0.25) is 4.79 Å². The highest BCUT2D eigenvalue weighted by Crippen LogP contribution is 2.36. The van der Waals surface area contributed by atoms with Gasteiger partial charge in [-0.1, -0.05) is 30.3 Å². The lowest BCUT2D eigenvalue weighted by Crippen LogP contribution is -2.57. The summed E-state index contributed by atoms with van der Waals surface area (Å²) in [4.78, 5) is 24.9. The quantitative estimate of drug-likeness (QED) is 0.798. The van der Waals surface area contributed by atoms with E-state index in [9.17, 15) is 9.59 Å². The smallest absolute Gasteiger partial charge is 0.410 e. The summed E-state index contributed by atoms with van der Waals surface area (Å²) in [5.41, 5.74) is 0.976. The van der Waals surface area contributed by atoms with Gasteiger partial charge in [-0.2, -0.15) is 0 Å². The Morgan fingerprint density at radius 1 is 1.22 bits per heavy atom. The van der Waals surface area contributed by atoms with E-state index in [1.165, 1.54) is 0 Å². The summed E-state index contributed by atoms with van der Waals surface area (Å²) in [7, 11) is 0. The van der Waals surface area contributed by atoms with Crippen LogP contribution >= 0.6 is 0 Å². The minimum Gasteiger partial charge on any atom is -0.445 e. The Bertz CT molecular complexity index is 457. The van der Waals surface area contributed by atoms with Crippen molar-refractivity contribution in [3.05, 3.63) is 35.9 Å². The number of hydrogen-bond acceptors (Lipinski definition) is 3. The van der Waals surface area contributed by atoms with Crippen molar-refractivity contribution in [3.63, 3.8) is 0 Å². The van der Waals surface area contributed by atoms with Gasteiger partial charge in [0.2, 0.25) is 0 Å². The number of carbonyl (C=O) groups excluding carboxylic acids is 2. The van der Waals surface area contributed by atoms with E-state index < -0.39 is 0 Å². The van der Waals surface area contributed by atoms with Crippen molar-refractivity contribution in [1.29, 1.82) is 0 Å². The standard InChI is InChI=1S/C14H15NO3/c16-13-11-6-12(13)8-15(7-11)14(17)18-9-10-4-2-1-3-5-10/h1-5,11-12H,6-9H2/t11-,12-/m0/s1. The fourth-order valence-electron chi connectivity index (χ4n) is 2.64. The van der Waals surface area contributed by atoms with Crippen LogP contribution in [0.1, 0.15) is 12.0 Å². The van der Waals surface area contributed by atoms with E-state index in [0.29, 0.717) is 25.5 Å². The zero-order chi connectivity index (χ0) is 12.5. The summed E-state index contributed by atoms with van der Waals surface area (Å²) in [6.07, 6.45) is 0.641. The molecule has 3 aliphatic rings. The third kappa shape index (κ3) is 1.98. The number of fused-ring (bicyclic) bond motifs is 2. The molecule has 2 saturated heterocycles. The number of carbonyl (C=O) groups is 2. The molecule has 1 aromatic carbocycles. The summed E-state index contributed by atoms with van der Waals surface area (Å²) in [6.45, 7) is 1.35. The molecule has 2 atom stereocenters. The Kier molecular flexibility index (Phi) is 2.78. The number of piperidine rings is 2. The number of ketones is 1. The van der Waals surface area contributed by atoms with E-state index in [2.05, 4.69) is 0 Å². The number of rotatable bonds is 2. The zero-order valence-corrected chi connectivity index (χ0v) is 10.0. The molecule has 4 rings (SSSR count). The summed E-state index contributed by atoms with van der Waals surface area (Å²) < 4.78 is 5.25. The predicted molar refractivity (Wildman–Crippen MR) is 64.8 cm³/mol. The first kappa shape index (κ1) is 11.3. The van der Waals surface area contributed by atoms with Crippen LogP contribution in [0.2, 0.25) is 0 Å². The van der Waals surface area contributed by atoms with Gasteiger partial charge in [0.15, 0.2) is 0 Å². The van der Waals surface area contributed by atoms with Crippen LogP contribution in [-0.2, 0) is 16.1 Å². The van der Waals surface area contributed by atoms with Crippen molar-refractivity contribution in [2.45, 2.75) is 13.0 Å². The van der Waals surface area contributed by atoms with E-state index in [-0.39, 0.29) is 17.9 Å². The van der Waals surface area contributed by atoms with E-state index in [0.717, 1.165) is 12.0 Å². The highest BCUT2D eigenvalue weighted by atomic mass is 16.6. The van der Waals surface area contributed by atoms with Crippen molar-refractivity contribution >= 4 is 11.9 Å². The largest absolute Gasteiger partial charge is 0.445 e. The molecule has 4 nitrogen and oxygen atoms in total. The van der Waals surface area contributed by atoms with E-state index >= 15 is 0 Å². The molecule has 3 fully saturated rings. The Morgan fingerprint density at radius 3 is 2.50 bits per heavy atom. The summed E-state index contributed by atoms with van der Waals surface area (Å²) >= 11 is 0. The van der Waals surface area contributed by atoms with Crippen LogP contribution < -0.4 is 0 Å². The van der Waals surface area contributed by atoms with Crippen LogP contribution in [0.5, 0.6) is 0 Å². The lowest BCUT2D eigenvalue weighted by atomic mass is 9.70. The van der Waals surface area contributed by atoms with Gasteiger partial charge in [-0.25, -0.2) is 4.79 Å². The molecule has 1 aliphatic carbocycles. The van der Waals surface area contributed by atoms with Crippen molar-refractivity contribution < 1.29 is 14.3 Å². The topological polar surface area (TPSA) is 46.6 Å². The number of amides is 1. The van der Waals surface area contributed by atoms with E-state index in [4.69, 9.17) is 4.74 Å². The summed E-state index contributed by atoms with van der Waals surface area (Å²) in [5, 5.41) is 0. The van der Waals surface area contributed by atoms with Crippen molar-refractivity contribution in [2.24, 2.45) is 11.8 Å². The fraction of sp³-hybridized carbons (Fsp3) is 0.429. The second kappa shape index (κ2) is 4.44. The minimum atomic E-state index is -0.305. The first-order valence-corrected chi connectivity index (χ1v) is 6.23. The molecule has 0 spiro atoms. The van der Waals surface area contributed by atoms with E-state index in [1.54, 1.807) is 4.90 Å². The zero-order valence-electron chi connectivity index (χ0n) is 10.0. The minimum absolute atomic E-state index is 0.0630. The molecule has 1 saturated carbocycles. The Morgan fingerprint density at radius 2 is 1.89 bits per heavy atom. The SMILES string of the molecule is O=C1[C@H]2C[C@H]1CN(C(=O)OCc1ccccc1)C2. The molecule has 0 radical (unpaired) electrons. The maximum atomic E-state index is 11.8. The average Bonchev–Trinajstić information content (AvgIpc) is 2.45. The van der Waals surface area contributed by atoms with Crippen molar-refractivity contribution in [3.8, 4) is 0 Å². The normalized spacial score (nSPS) is 25.6. The van der Waals surface area contributed by atoms with Crippen LogP contribution in [-0.4, -0.2) is 29.9 Å². The van der Waals surface area contributed by atoms with Crippen LogP contribution in [0.3, 0.4) is 0 Å². The molecular weight excluding hydrogens is 230 g/mol. The molecule has 0 aromatic heterocycles. The molecule has 2 heterocycles. The van der Waals surface area contributed by atoms with Gasteiger partial charge in [0.05, 0.1) is 0 Å². The highest BCUT2D eigenvalue weighted by molar-refractivity contribution is 5.91. The molecule has 2 bridgehead atoms. The Labute approximate surface area is 106 Å². The lowest BCUT2D eigenvalue weighted by molar-refractivity contribution is -0.142. The summed E-state index contributed by atoms with van der Waals surface area (Å²) in [5.74, 6) is 0.447. The molecule has 4 heteroatoms. The maximum absolute atomic E-state index is 11.8. The van der Waals surface area contributed by atoms with Gasteiger partial charge in [-0.05, 0) is 12.0 Å². The molecule has 0 unspecified atom stereocenters. The maximum Gasteiger partial charge on any atom is 0.410 e. The van der Waals surface area contributed by atoms with Gasteiger partial charge in [-0.15, -0.1) is 0 Å². The first-order valence-electron chi connectivity index (χ1n) is 6.23. The second-order valence-electron chi connectivity index (χ2n) is 4.98. The van der Waals surface area contributed by atoms with Crippen LogP contribution in [0.15, 0.2) is 30.3 Å². The van der Waals surface area contributed by atoms with Crippen LogP contribution in [0.4, 0.5) is 4.79 Å². The highest BCUT2D eigenvalue weighted by Gasteiger charge is 2.47. The molecule has 2 aliphatic heterocycles. The third-order valence-electron chi connectivity index (χ3n) is 3.72. The molecular formula is C14H15NO3. The lowest BCUT2D eigenvalue weighted by Gasteiger charge is -2.44. The molecule has 18 heavy (non-hydrogen) atoms. The van der Waals surface area contributed by atoms with Gasteiger partial charge in [0.1, 0.15) is 12.4 Å². The third-order valence-corrected chi connectivity index (χ3v) is 3.72. The Hall–Kier alpha value is -1.84. The average molecular weight is 245 g/mol. The number of nitrogens with zero attached hydrogens (tertiary/aromatic N) is 1. The monoisotopic (exact) mass is 245 g/mol. The van der Waals surface area contributed by atoms with Gasteiger partial charge >= 0.3 is 6.09 Å². The fourth-order valence-corrected chi connectivity index (χ4v) is 2.64. The van der Waals surface area contributed by atoms with E-state index in [1.807, 2.05) is 30.3 Å². The van der Waals surface area contributed by atoms with Crippen LogP contribution in [0, 0.1) is 11.8 Å². The number of Topliss-reactive ketones (excluding diaryl/α,β-unsaturated/α-hetero) is 1. The van der Waals surface area contributed by atoms with Crippen LogP contribution in [0.25, 0.3) is 0 Å². The molecule has 94 valence electrons. The van der Waals surface area contributed by atoms with Gasteiger partial charge in [0, 0.05) is 24.9 Å². The van der Waals surface area contributed by atoms with Crippen molar-refractivity contribution in [1.82, 2.24) is 4.90 Å². The predicted octanol–water partition coefficient (Wildman–Crippen LogP) is 1.84. The number of benzene rings is 1. The molecule has 1 aromatic rings. The second-order valence-corrected chi connectivity index (χ2v) is 4.98. The molecule has 1 amide bonds. The number of hydrogen-bond donors (Lipinski definition) is 0. The van der Waals surface area contributed by atoms with Gasteiger partial charge < -0.3 is 9.64 Å². The van der Waals surface area contributed by atoms with Crippen molar-refractivity contribution in [2.75, 3.05) is 13.1 Å².